The van der Waals surface area contributed by atoms with E-state index in [0.717, 1.165) is 16.8 Å². The van der Waals surface area contributed by atoms with E-state index in [1.165, 1.54) is 28.8 Å². The van der Waals surface area contributed by atoms with Gasteiger partial charge in [0.2, 0.25) is 0 Å². The molecule has 0 N–H and O–H groups in total. The molecule has 2 aromatic rings. The van der Waals surface area contributed by atoms with Gasteiger partial charge >= 0.3 is 0 Å². The molecule has 0 radical (unpaired) electrons. The second-order valence-corrected chi connectivity index (χ2v) is 6.56. The van der Waals surface area contributed by atoms with Crippen molar-refractivity contribution in [3.63, 3.8) is 0 Å². The first-order valence-electron chi connectivity index (χ1n) is 7.51. The number of amides is 1. The van der Waals surface area contributed by atoms with Gasteiger partial charge in [0.05, 0.1) is 15.5 Å². The van der Waals surface area contributed by atoms with Crippen LogP contribution < -0.4 is 0 Å². The van der Waals surface area contributed by atoms with E-state index in [0.29, 0.717) is 10.1 Å². The average molecular weight is 353 g/mol. The Kier molecular flexibility index (Phi) is 4.67. The molecule has 0 spiro atoms. The first-order valence-corrected chi connectivity index (χ1v) is 8.33. The molecular formula is C18H15N3O3S. The second-order valence-electron chi connectivity index (χ2n) is 5.55. The molecule has 0 aromatic heterocycles. The number of aliphatic imine (C=N–C) groups is 1. The van der Waals surface area contributed by atoms with Crippen molar-refractivity contribution in [2.24, 2.45) is 4.99 Å². The van der Waals surface area contributed by atoms with Crippen molar-refractivity contribution in [1.82, 2.24) is 4.90 Å². The predicted octanol–water partition coefficient (Wildman–Crippen LogP) is 4.14. The van der Waals surface area contributed by atoms with Crippen LogP contribution in [-0.4, -0.2) is 27.9 Å². The summed E-state index contributed by atoms with van der Waals surface area (Å²) < 4.78 is 0. The molecule has 25 heavy (non-hydrogen) atoms. The second kappa shape index (κ2) is 6.90. The third-order valence-electron chi connectivity index (χ3n) is 3.66. The van der Waals surface area contributed by atoms with Gasteiger partial charge in [0.25, 0.3) is 11.6 Å². The molecule has 1 aliphatic heterocycles. The van der Waals surface area contributed by atoms with Crippen molar-refractivity contribution in [3.05, 3.63) is 74.7 Å². The molecular weight excluding hydrogens is 338 g/mol. The highest BCUT2D eigenvalue weighted by molar-refractivity contribution is 8.18. The quantitative estimate of drug-likeness (QED) is 0.472. The van der Waals surface area contributed by atoms with Crippen molar-refractivity contribution in [2.75, 3.05) is 7.05 Å². The molecule has 1 amide bonds. The largest absolute Gasteiger partial charge is 0.290 e. The van der Waals surface area contributed by atoms with E-state index >= 15 is 0 Å². The monoisotopic (exact) mass is 353 g/mol. The topological polar surface area (TPSA) is 75.8 Å². The van der Waals surface area contributed by atoms with E-state index in [1.54, 1.807) is 25.3 Å². The number of hydrogen-bond acceptors (Lipinski definition) is 5. The van der Waals surface area contributed by atoms with Crippen LogP contribution in [-0.2, 0) is 4.79 Å². The van der Waals surface area contributed by atoms with Crippen LogP contribution in [0, 0.1) is 17.0 Å². The molecule has 2 aromatic carbocycles. The highest BCUT2D eigenvalue weighted by atomic mass is 32.2. The zero-order chi connectivity index (χ0) is 18.0. The minimum absolute atomic E-state index is 0.0197. The van der Waals surface area contributed by atoms with Crippen LogP contribution in [0.4, 0.5) is 11.4 Å². The van der Waals surface area contributed by atoms with Crippen molar-refractivity contribution < 1.29 is 9.72 Å². The van der Waals surface area contributed by atoms with E-state index in [9.17, 15) is 14.9 Å². The summed E-state index contributed by atoms with van der Waals surface area (Å²) in [6.07, 6.45) is 1.71. The Morgan fingerprint density at radius 1 is 1.12 bits per heavy atom. The van der Waals surface area contributed by atoms with Crippen molar-refractivity contribution in [1.29, 1.82) is 0 Å². The summed E-state index contributed by atoms with van der Waals surface area (Å²) in [5.74, 6) is -0.144. The fraction of sp³-hybridized carbons (Fsp3) is 0.111. The Labute approximate surface area is 149 Å². The Morgan fingerprint density at radius 3 is 2.36 bits per heavy atom. The predicted molar refractivity (Wildman–Crippen MR) is 99.7 cm³/mol. The Hall–Kier alpha value is -2.93. The molecule has 6 nitrogen and oxygen atoms in total. The summed E-state index contributed by atoms with van der Waals surface area (Å²) in [4.78, 5) is 29.2. The van der Waals surface area contributed by atoms with Crippen LogP contribution in [0.15, 0.2) is 58.4 Å². The molecule has 0 unspecified atom stereocenters. The number of thioether (sulfide) groups is 1. The zero-order valence-electron chi connectivity index (χ0n) is 13.7. The third kappa shape index (κ3) is 3.77. The molecule has 7 heteroatoms. The van der Waals surface area contributed by atoms with Gasteiger partial charge in [-0.1, -0.05) is 17.7 Å². The number of rotatable bonds is 3. The SMILES string of the molecule is Cc1ccc(N=C2S/C(=C/c3ccc([N+](=O)[O-])cc3)C(=O)N2C)cc1. The Morgan fingerprint density at radius 2 is 1.76 bits per heavy atom. The van der Waals surface area contributed by atoms with Crippen LogP contribution in [0.25, 0.3) is 6.08 Å². The van der Waals surface area contributed by atoms with Gasteiger partial charge in [0.1, 0.15) is 0 Å². The van der Waals surface area contributed by atoms with Gasteiger partial charge in [-0.2, -0.15) is 0 Å². The van der Waals surface area contributed by atoms with Gasteiger partial charge in [-0.15, -0.1) is 0 Å². The molecule has 0 atom stereocenters. The number of hydrogen-bond donors (Lipinski definition) is 0. The summed E-state index contributed by atoms with van der Waals surface area (Å²) in [6.45, 7) is 2.00. The Balaban J connectivity index is 1.85. The number of amidine groups is 1. The summed E-state index contributed by atoms with van der Waals surface area (Å²) in [7, 11) is 1.68. The number of carbonyl (C=O) groups excluding carboxylic acids is 1. The number of nitro groups is 1. The van der Waals surface area contributed by atoms with E-state index in [-0.39, 0.29) is 11.6 Å². The number of likely N-dealkylation sites (N-methyl/N-ethyl adjacent to an activating group) is 1. The van der Waals surface area contributed by atoms with E-state index in [2.05, 4.69) is 4.99 Å². The number of carbonyl (C=O) groups is 1. The van der Waals surface area contributed by atoms with Crippen LogP contribution in [0.5, 0.6) is 0 Å². The van der Waals surface area contributed by atoms with E-state index in [4.69, 9.17) is 0 Å². The summed E-state index contributed by atoms with van der Waals surface area (Å²) in [5, 5.41) is 11.3. The fourth-order valence-corrected chi connectivity index (χ4v) is 3.21. The summed E-state index contributed by atoms with van der Waals surface area (Å²) in [6, 6.07) is 13.8. The highest BCUT2D eigenvalue weighted by Gasteiger charge is 2.30. The number of nitro benzene ring substituents is 1. The maximum Gasteiger partial charge on any atom is 0.269 e. The van der Waals surface area contributed by atoms with E-state index < -0.39 is 4.92 Å². The molecule has 126 valence electrons. The minimum atomic E-state index is -0.452. The first kappa shape index (κ1) is 16.9. The molecule has 1 aliphatic rings. The van der Waals surface area contributed by atoms with Crippen molar-refractivity contribution in [2.45, 2.75) is 6.92 Å². The maximum atomic E-state index is 12.4. The molecule has 0 saturated carbocycles. The standard InChI is InChI=1S/C18H15N3O3S/c1-12-3-7-14(8-4-12)19-18-20(2)17(22)16(25-18)11-13-5-9-15(10-6-13)21(23)24/h3-11H,1-2H3/b16-11+,19-18?. The maximum absolute atomic E-state index is 12.4. The number of nitrogens with zero attached hydrogens (tertiary/aromatic N) is 3. The zero-order valence-corrected chi connectivity index (χ0v) is 14.5. The van der Waals surface area contributed by atoms with Gasteiger partial charge in [-0.25, -0.2) is 4.99 Å². The van der Waals surface area contributed by atoms with Gasteiger partial charge in [0.15, 0.2) is 5.17 Å². The molecule has 0 bridgehead atoms. The number of benzene rings is 2. The first-order chi connectivity index (χ1) is 11.9. The number of aryl methyl sites for hydroxylation is 1. The molecule has 1 heterocycles. The van der Waals surface area contributed by atoms with E-state index in [1.807, 2.05) is 31.2 Å². The van der Waals surface area contributed by atoms with Crippen LogP contribution >= 0.6 is 11.8 Å². The molecule has 1 fully saturated rings. The van der Waals surface area contributed by atoms with Crippen LogP contribution in [0.1, 0.15) is 11.1 Å². The lowest BCUT2D eigenvalue weighted by atomic mass is 10.2. The smallest absolute Gasteiger partial charge is 0.269 e. The van der Waals surface area contributed by atoms with Gasteiger partial charge in [-0.05, 0) is 54.6 Å². The normalized spacial score (nSPS) is 17.5. The van der Waals surface area contributed by atoms with Gasteiger partial charge < -0.3 is 0 Å². The van der Waals surface area contributed by atoms with Crippen LogP contribution in [0.3, 0.4) is 0 Å². The lowest BCUT2D eigenvalue weighted by Crippen LogP contribution is -2.23. The molecule has 0 aliphatic carbocycles. The van der Waals surface area contributed by atoms with Gasteiger partial charge in [-0.3, -0.25) is 19.8 Å². The third-order valence-corrected chi connectivity index (χ3v) is 4.72. The Bertz CT molecular complexity index is 887. The number of non-ortho nitro benzene ring substituents is 1. The lowest BCUT2D eigenvalue weighted by molar-refractivity contribution is -0.384. The van der Waals surface area contributed by atoms with Crippen molar-refractivity contribution in [3.8, 4) is 0 Å². The van der Waals surface area contributed by atoms with Gasteiger partial charge in [0, 0.05) is 19.2 Å². The molecule has 1 saturated heterocycles. The lowest BCUT2D eigenvalue weighted by Gasteiger charge is -2.07. The highest BCUT2D eigenvalue weighted by Crippen LogP contribution is 2.33. The minimum Gasteiger partial charge on any atom is -0.290 e. The molecule has 3 rings (SSSR count). The summed E-state index contributed by atoms with van der Waals surface area (Å²) in [5.41, 5.74) is 2.67. The summed E-state index contributed by atoms with van der Waals surface area (Å²) >= 11 is 1.28. The fourth-order valence-electron chi connectivity index (χ4n) is 2.23. The van der Waals surface area contributed by atoms with Crippen LogP contribution in [0.2, 0.25) is 0 Å². The average Bonchev–Trinajstić information content (AvgIpc) is 2.85. The van der Waals surface area contributed by atoms with Crippen molar-refractivity contribution >= 4 is 40.3 Å².